The molecule has 3 N–H and O–H groups in total. The van der Waals surface area contributed by atoms with E-state index < -0.39 is 0 Å². The van der Waals surface area contributed by atoms with E-state index in [1.807, 2.05) is 29.0 Å². The highest BCUT2D eigenvalue weighted by molar-refractivity contribution is 7.17. The summed E-state index contributed by atoms with van der Waals surface area (Å²) in [5.74, 6) is 6.86. The average molecular weight is 248 g/mol. The molecule has 0 fully saturated rings. The smallest absolute Gasteiger partial charge is 0.173 e. The summed E-state index contributed by atoms with van der Waals surface area (Å²) < 4.78 is 0. The summed E-state index contributed by atoms with van der Waals surface area (Å²) in [6.07, 6.45) is 0. The molecular formula is C10H8N4S2. The van der Waals surface area contributed by atoms with E-state index in [2.05, 4.69) is 15.4 Å². The van der Waals surface area contributed by atoms with Gasteiger partial charge in [0, 0.05) is 0 Å². The molecule has 80 valence electrons. The fraction of sp³-hybridized carbons (Fsp3) is 0. The molecule has 0 saturated carbocycles. The van der Waals surface area contributed by atoms with Crippen LogP contribution in [0.5, 0.6) is 0 Å². The van der Waals surface area contributed by atoms with Crippen LogP contribution in [0, 0.1) is 0 Å². The number of rotatable bonds is 2. The van der Waals surface area contributed by atoms with Crippen molar-refractivity contribution in [3.63, 3.8) is 0 Å². The Bertz CT molecular complexity index is 615. The van der Waals surface area contributed by atoms with Gasteiger partial charge in [-0.25, -0.2) is 15.8 Å². The monoisotopic (exact) mass is 248 g/mol. The Kier molecular flexibility index (Phi) is 2.32. The lowest BCUT2D eigenvalue weighted by Crippen LogP contribution is -2.09. The van der Waals surface area contributed by atoms with Crippen molar-refractivity contribution in [2.24, 2.45) is 5.84 Å². The molecule has 3 aromatic rings. The maximum atomic E-state index is 5.47. The van der Waals surface area contributed by atoms with E-state index in [-0.39, 0.29) is 0 Å². The van der Waals surface area contributed by atoms with Crippen LogP contribution in [0.1, 0.15) is 0 Å². The van der Waals surface area contributed by atoms with E-state index >= 15 is 0 Å². The molecule has 0 saturated heterocycles. The molecule has 3 heterocycles. The first-order valence-corrected chi connectivity index (χ1v) is 6.40. The Balaban J connectivity index is 2.27. The largest absolute Gasteiger partial charge is 0.308 e. The van der Waals surface area contributed by atoms with Gasteiger partial charge in [0.1, 0.15) is 4.83 Å². The van der Waals surface area contributed by atoms with Crippen molar-refractivity contribution in [3.05, 3.63) is 29.0 Å². The molecule has 0 spiro atoms. The number of hydrazine groups is 1. The van der Waals surface area contributed by atoms with Crippen molar-refractivity contribution >= 4 is 38.7 Å². The fourth-order valence-corrected chi connectivity index (χ4v) is 2.90. The second-order valence-corrected chi connectivity index (χ2v) is 5.00. The summed E-state index contributed by atoms with van der Waals surface area (Å²) in [5, 5.41) is 4.96. The van der Waals surface area contributed by atoms with Crippen LogP contribution in [0.2, 0.25) is 0 Å². The molecule has 0 aromatic carbocycles. The first-order chi connectivity index (χ1) is 7.88. The zero-order valence-electron chi connectivity index (χ0n) is 8.18. The van der Waals surface area contributed by atoms with E-state index in [9.17, 15) is 0 Å². The molecule has 0 aliphatic carbocycles. The molecular weight excluding hydrogens is 240 g/mol. The van der Waals surface area contributed by atoms with Crippen molar-refractivity contribution in [2.75, 3.05) is 5.43 Å². The predicted octanol–water partition coefficient (Wildman–Crippen LogP) is 2.71. The van der Waals surface area contributed by atoms with Gasteiger partial charge in [0.15, 0.2) is 11.6 Å². The maximum absolute atomic E-state index is 5.47. The van der Waals surface area contributed by atoms with E-state index in [0.29, 0.717) is 5.82 Å². The summed E-state index contributed by atoms with van der Waals surface area (Å²) in [4.78, 5) is 10.9. The summed E-state index contributed by atoms with van der Waals surface area (Å²) in [6.45, 7) is 0. The lowest BCUT2D eigenvalue weighted by atomic mass is 10.3. The van der Waals surface area contributed by atoms with Gasteiger partial charge >= 0.3 is 0 Å². The van der Waals surface area contributed by atoms with E-state index in [4.69, 9.17) is 5.84 Å². The second kappa shape index (κ2) is 3.82. The van der Waals surface area contributed by atoms with Crippen LogP contribution in [0.25, 0.3) is 20.9 Å². The third-order valence-electron chi connectivity index (χ3n) is 2.20. The third kappa shape index (κ3) is 1.47. The van der Waals surface area contributed by atoms with Crippen molar-refractivity contribution in [1.29, 1.82) is 0 Å². The molecule has 3 aromatic heterocycles. The number of hydrogen-bond acceptors (Lipinski definition) is 6. The van der Waals surface area contributed by atoms with Crippen LogP contribution in [-0.4, -0.2) is 9.97 Å². The fourth-order valence-electron chi connectivity index (χ4n) is 1.48. The predicted molar refractivity (Wildman–Crippen MR) is 68.5 cm³/mol. The summed E-state index contributed by atoms with van der Waals surface area (Å²) in [5.41, 5.74) is 2.62. The van der Waals surface area contributed by atoms with Gasteiger partial charge in [-0.1, -0.05) is 6.07 Å². The minimum atomic E-state index is 0.676. The summed E-state index contributed by atoms with van der Waals surface area (Å²) in [7, 11) is 0. The van der Waals surface area contributed by atoms with Crippen LogP contribution in [-0.2, 0) is 0 Å². The number of hydrogen-bond donors (Lipinski definition) is 2. The first kappa shape index (κ1) is 9.71. The zero-order chi connectivity index (χ0) is 11.0. The molecule has 0 aliphatic rings. The molecule has 0 unspecified atom stereocenters. The standard InChI is InChI=1S/C10H8N4S2/c11-14-8-6-3-5-16-10(6)13-9(12-8)7-2-1-4-15-7/h1-5H,11H2,(H,12,13,14). The van der Waals surface area contributed by atoms with E-state index in [1.165, 1.54) is 0 Å². The van der Waals surface area contributed by atoms with Gasteiger partial charge in [0.25, 0.3) is 0 Å². The number of anilines is 1. The Morgan fingerprint density at radius 3 is 2.81 bits per heavy atom. The lowest BCUT2D eigenvalue weighted by Gasteiger charge is -2.03. The highest BCUT2D eigenvalue weighted by atomic mass is 32.1. The lowest BCUT2D eigenvalue weighted by molar-refractivity contribution is 1.20. The Morgan fingerprint density at radius 2 is 2.06 bits per heavy atom. The second-order valence-electron chi connectivity index (χ2n) is 3.16. The van der Waals surface area contributed by atoms with Crippen molar-refractivity contribution in [3.8, 4) is 10.7 Å². The molecule has 6 heteroatoms. The summed E-state index contributed by atoms with van der Waals surface area (Å²) in [6, 6.07) is 5.95. The number of nitrogens with two attached hydrogens (primary N) is 1. The molecule has 0 bridgehead atoms. The Hall–Kier alpha value is -1.50. The molecule has 0 amide bonds. The SMILES string of the molecule is NNc1nc(-c2cccs2)nc2sccc12. The zero-order valence-corrected chi connectivity index (χ0v) is 9.81. The molecule has 16 heavy (non-hydrogen) atoms. The topological polar surface area (TPSA) is 63.8 Å². The van der Waals surface area contributed by atoms with Gasteiger partial charge in [0.05, 0.1) is 10.3 Å². The van der Waals surface area contributed by atoms with Crippen molar-refractivity contribution in [1.82, 2.24) is 9.97 Å². The highest BCUT2D eigenvalue weighted by Gasteiger charge is 2.09. The Labute approximate surface area is 99.8 Å². The normalized spacial score (nSPS) is 10.8. The number of thiophene rings is 2. The highest BCUT2D eigenvalue weighted by Crippen LogP contribution is 2.29. The van der Waals surface area contributed by atoms with Crippen molar-refractivity contribution < 1.29 is 0 Å². The molecule has 3 rings (SSSR count). The number of nitrogens with one attached hydrogen (secondary N) is 1. The number of nitrogens with zero attached hydrogens (tertiary/aromatic N) is 2. The van der Waals surface area contributed by atoms with Gasteiger partial charge in [0.2, 0.25) is 0 Å². The van der Waals surface area contributed by atoms with Gasteiger partial charge in [-0.3, -0.25) is 0 Å². The van der Waals surface area contributed by atoms with Gasteiger partial charge in [-0.15, -0.1) is 22.7 Å². The number of nitrogen functional groups attached to an aromatic ring is 1. The molecule has 0 radical (unpaired) electrons. The minimum Gasteiger partial charge on any atom is -0.308 e. The average Bonchev–Trinajstić information content (AvgIpc) is 2.97. The Morgan fingerprint density at radius 1 is 1.12 bits per heavy atom. The maximum Gasteiger partial charge on any atom is 0.173 e. The summed E-state index contributed by atoms with van der Waals surface area (Å²) >= 11 is 3.20. The van der Waals surface area contributed by atoms with Crippen molar-refractivity contribution in [2.45, 2.75) is 0 Å². The number of fused-ring (bicyclic) bond motifs is 1. The van der Waals surface area contributed by atoms with Gasteiger partial charge < -0.3 is 5.43 Å². The molecule has 0 aliphatic heterocycles. The van der Waals surface area contributed by atoms with Crippen LogP contribution in [0.4, 0.5) is 5.82 Å². The van der Waals surface area contributed by atoms with Gasteiger partial charge in [-0.05, 0) is 22.9 Å². The first-order valence-electron chi connectivity index (χ1n) is 4.64. The van der Waals surface area contributed by atoms with E-state index in [0.717, 1.165) is 20.9 Å². The third-order valence-corrected chi connectivity index (χ3v) is 3.88. The van der Waals surface area contributed by atoms with Crippen LogP contribution in [0.3, 0.4) is 0 Å². The molecule has 0 atom stereocenters. The molecule has 4 nitrogen and oxygen atoms in total. The van der Waals surface area contributed by atoms with E-state index in [1.54, 1.807) is 22.7 Å². The van der Waals surface area contributed by atoms with Gasteiger partial charge in [-0.2, -0.15) is 0 Å². The van der Waals surface area contributed by atoms with Crippen LogP contribution < -0.4 is 11.3 Å². The quantitative estimate of drug-likeness (QED) is 0.540. The number of aromatic nitrogens is 2. The van der Waals surface area contributed by atoms with Crippen LogP contribution >= 0.6 is 22.7 Å². The minimum absolute atomic E-state index is 0.676. The van der Waals surface area contributed by atoms with Crippen LogP contribution in [0.15, 0.2) is 29.0 Å².